The van der Waals surface area contributed by atoms with Crippen molar-refractivity contribution in [1.82, 2.24) is 24.9 Å². The summed E-state index contributed by atoms with van der Waals surface area (Å²) < 4.78 is 22.1. The molecule has 0 saturated carbocycles. The lowest BCUT2D eigenvalue weighted by atomic mass is 10.0. The van der Waals surface area contributed by atoms with Gasteiger partial charge in [0.05, 0.1) is 30.7 Å². The fourth-order valence-electron chi connectivity index (χ4n) is 4.75. The number of nitrogens with zero attached hydrogens (tertiary/aromatic N) is 7. The number of oxime groups is 1. The van der Waals surface area contributed by atoms with Gasteiger partial charge in [0.1, 0.15) is 23.7 Å². The molecule has 0 aliphatic carbocycles. The number of carbonyl (C=O) groups is 1. The highest BCUT2D eigenvalue weighted by atomic mass is 32.2. The normalized spacial score (nSPS) is 22.1. The summed E-state index contributed by atoms with van der Waals surface area (Å²) in [4.78, 5) is 26.4. The molecule has 3 aliphatic rings. The lowest BCUT2D eigenvalue weighted by molar-refractivity contribution is 0.0553. The molecule has 2 aromatic heterocycles. The van der Waals surface area contributed by atoms with Crippen LogP contribution < -0.4 is 4.90 Å². The first-order valence-corrected chi connectivity index (χ1v) is 13.4. The molecule has 37 heavy (non-hydrogen) atoms. The molecule has 3 aromatic rings. The molecule has 1 aromatic carbocycles. The Kier molecular flexibility index (Phi) is 6.75. The molecule has 2 atom stereocenters. The van der Waals surface area contributed by atoms with E-state index in [0.29, 0.717) is 36.3 Å². The predicted molar refractivity (Wildman–Crippen MR) is 137 cm³/mol. The van der Waals surface area contributed by atoms with Crippen molar-refractivity contribution < 1.29 is 18.8 Å². The van der Waals surface area contributed by atoms with Gasteiger partial charge in [-0.3, -0.25) is 14.8 Å². The smallest absolute Gasteiger partial charge is 0.414 e. The first-order valence-electron chi connectivity index (χ1n) is 12.2. The van der Waals surface area contributed by atoms with Crippen LogP contribution in [0.1, 0.15) is 12.1 Å². The zero-order valence-corrected chi connectivity index (χ0v) is 20.9. The van der Waals surface area contributed by atoms with Crippen molar-refractivity contribution in [3.05, 3.63) is 60.4 Å². The lowest BCUT2D eigenvalue weighted by Crippen LogP contribution is -2.38. The minimum atomic E-state index is -0.514. The van der Waals surface area contributed by atoms with Gasteiger partial charge in [-0.2, -0.15) is 11.8 Å². The number of pyridine rings is 1. The summed E-state index contributed by atoms with van der Waals surface area (Å²) in [5.74, 6) is 1.88. The Bertz CT molecular complexity index is 1280. The van der Waals surface area contributed by atoms with Crippen molar-refractivity contribution in [3.8, 4) is 11.1 Å². The Labute approximate surface area is 217 Å². The molecule has 10 nitrogen and oxygen atoms in total. The minimum absolute atomic E-state index is 0.0395. The Hall–Kier alpha value is -3.51. The Morgan fingerprint density at radius 1 is 1.11 bits per heavy atom. The fraction of sp³-hybridized carbons (Fsp3) is 0.400. The van der Waals surface area contributed by atoms with E-state index in [1.54, 1.807) is 35.4 Å². The third-order valence-electron chi connectivity index (χ3n) is 6.67. The van der Waals surface area contributed by atoms with Crippen LogP contribution in [0.5, 0.6) is 0 Å². The van der Waals surface area contributed by atoms with E-state index >= 15 is 4.39 Å². The summed E-state index contributed by atoms with van der Waals surface area (Å²) in [6.07, 6.45) is 4.74. The zero-order chi connectivity index (χ0) is 25.2. The van der Waals surface area contributed by atoms with Crippen LogP contribution in [0.4, 0.5) is 14.9 Å². The average Bonchev–Trinajstić information content (AvgIpc) is 3.67. The van der Waals surface area contributed by atoms with Crippen LogP contribution in [0.2, 0.25) is 0 Å². The van der Waals surface area contributed by atoms with Crippen LogP contribution in [0.3, 0.4) is 0 Å². The number of anilines is 1. The zero-order valence-electron chi connectivity index (χ0n) is 20.1. The van der Waals surface area contributed by atoms with Crippen LogP contribution in [0, 0.1) is 5.82 Å². The predicted octanol–water partition coefficient (Wildman–Crippen LogP) is 3.05. The number of amides is 1. The summed E-state index contributed by atoms with van der Waals surface area (Å²) in [6.45, 7) is 3.72. The molecule has 2 fully saturated rings. The van der Waals surface area contributed by atoms with Gasteiger partial charge in [0, 0.05) is 61.1 Å². The molecule has 0 N–H and O–H groups in total. The van der Waals surface area contributed by atoms with Crippen molar-refractivity contribution in [2.24, 2.45) is 5.16 Å². The van der Waals surface area contributed by atoms with Crippen LogP contribution in [0.15, 0.2) is 54.1 Å². The molecule has 12 heteroatoms. The molecule has 2 saturated heterocycles. The van der Waals surface area contributed by atoms with Crippen molar-refractivity contribution in [2.75, 3.05) is 42.6 Å². The minimum Gasteiger partial charge on any atom is -0.442 e. The molecular formula is C25H26FN7O3S. The number of benzene rings is 1. The third-order valence-corrected chi connectivity index (χ3v) is 7.61. The third kappa shape index (κ3) is 5.30. The van der Waals surface area contributed by atoms with E-state index in [4.69, 9.17) is 9.57 Å². The van der Waals surface area contributed by atoms with Gasteiger partial charge in [0.25, 0.3) is 0 Å². The van der Waals surface area contributed by atoms with Gasteiger partial charge in [0.15, 0.2) is 0 Å². The van der Waals surface area contributed by atoms with E-state index in [0.717, 1.165) is 42.5 Å². The van der Waals surface area contributed by atoms with Gasteiger partial charge in [-0.25, -0.2) is 13.9 Å². The van der Waals surface area contributed by atoms with Crippen LogP contribution in [0.25, 0.3) is 11.1 Å². The first-order chi connectivity index (χ1) is 18.1. The van der Waals surface area contributed by atoms with E-state index in [1.807, 2.05) is 23.9 Å². The van der Waals surface area contributed by atoms with E-state index < -0.39 is 18.0 Å². The van der Waals surface area contributed by atoms with E-state index in [1.165, 1.54) is 11.0 Å². The summed E-state index contributed by atoms with van der Waals surface area (Å²) in [5, 5.41) is 11.9. The molecular weight excluding hydrogens is 497 g/mol. The second-order valence-corrected chi connectivity index (χ2v) is 10.4. The second kappa shape index (κ2) is 10.5. The maximum atomic E-state index is 15.1. The highest BCUT2D eigenvalue weighted by Crippen LogP contribution is 2.29. The van der Waals surface area contributed by atoms with Crippen molar-refractivity contribution in [1.29, 1.82) is 0 Å². The highest BCUT2D eigenvalue weighted by molar-refractivity contribution is 7.99. The first kappa shape index (κ1) is 23.9. The Morgan fingerprint density at radius 3 is 2.76 bits per heavy atom. The molecule has 5 heterocycles. The number of carbonyl (C=O) groups excluding carboxylic acids is 1. The van der Waals surface area contributed by atoms with Gasteiger partial charge in [0.2, 0.25) is 0 Å². The van der Waals surface area contributed by atoms with Crippen molar-refractivity contribution in [2.45, 2.75) is 25.2 Å². The van der Waals surface area contributed by atoms with Gasteiger partial charge in [-0.15, -0.1) is 5.10 Å². The molecule has 192 valence electrons. The average molecular weight is 524 g/mol. The molecule has 0 bridgehead atoms. The van der Waals surface area contributed by atoms with Gasteiger partial charge >= 0.3 is 6.09 Å². The monoisotopic (exact) mass is 523 g/mol. The van der Waals surface area contributed by atoms with Crippen molar-refractivity contribution >= 4 is 29.3 Å². The topological polar surface area (TPSA) is 98.0 Å². The number of hydrogen-bond acceptors (Lipinski definition) is 9. The number of halogens is 1. The second-order valence-electron chi connectivity index (χ2n) is 9.22. The Balaban J connectivity index is 1.09. The summed E-state index contributed by atoms with van der Waals surface area (Å²) in [7, 11) is 0. The number of aromatic nitrogens is 4. The molecule has 6 rings (SSSR count). The van der Waals surface area contributed by atoms with E-state index in [9.17, 15) is 4.79 Å². The SMILES string of the molecule is O=C1O[C@@H](Cn2ccnn2)CN1c1ccc(-c2ccc(C3=NOC(CN4CCSCC4)C3)nc2)c(F)c1. The van der Waals surface area contributed by atoms with E-state index in [-0.39, 0.29) is 6.10 Å². The van der Waals surface area contributed by atoms with Crippen LogP contribution >= 0.6 is 11.8 Å². The van der Waals surface area contributed by atoms with E-state index in [2.05, 4.69) is 25.4 Å². The maximum absolute atomic E-state index is 15.1. The quantitative estimate of drug-likeness (QED) is 0.466. The highest BCUT2D eigenvalue weighted by Gasteiger charge is 2.33. The molecule has 0 spiro atoms. The molecule has 1 unspecified atom stereocenters. The number of cyclic esters (lactones) is 1. The number of hydrogen-bond donors (Lipinski definition) is 0. The molecule has 3 aliphatic heterocycles. The summed E-state index contributed by atoms with van der Waals surface area (Å²) in [5.41, 5.74) is 3.03. The number of ether oxygens (including phenoxy) is 1. The number of rotatable bonds is 7. The number of thioether (sulfide) groups is 1. The molecule has 0 radical (unpaired) electrons. The molecule has 1 amide bonds. The van der Waals surface area contributed by atoms with Crippen LogP contribution in [-0.2, 0) is 16.1 Å². The summed E-state index contributed by atoms with van der Waals surface area (Å²) in [6, 6.07) is 8.39. The van der Waals surface area contributed by atoms with Gasteiger partial charge in [-0.1, -0.05) is 16.4 Å². The lowest BCUT2D eigenvalue weighted by Gasteiger charge is -2.27. The van der Waals surface area contributed by atoms with Gasteiger partial charge < -0.3 is 9.57 Å². The fourth-order valence-corrected chi connectivity index (χ4v) is 5.72. The van der Waals surface area contributed by atoms with Crippen LogP contribution in [-0.4, -0.2) is 86.6 Å². The largest absolute Gasteiger partial charge is 0.442 e. The summed E-state index contributed by atoms with van der Waals surface area (Å²) >= 11 is 1.99. The Morgan fingerprint density at radius 2 is 2.00 bits per heavy atom. The standard InChI is InChI=1S/C25H26FN7O3S/c26-22-11-18(33-16-20(35-25(33)34)15-32-6-5-28-30-32)2-3-21(22)17-1-4-23(27-13-17)24-12-19(36-29-24)14-31-7-9-37-10-8-31/h1-6,11,13,19-20H,7-10,12,14-16H2/t19?,20-/m0/s1. The van der Waals surface area contributed by atoms with Gasteiger partial charge in [-0.05, 0) is 24.3 Å². The van der Waals surface area contributed by atoms with Crippen molar-refractivity contribution in [3.63, 3.8) is 0 Å². The maximum Gasteiger partial charge on any atom is 0.414 e.